The Labute approximate surface area is 89.5 Å². The van der Waals surface area contributed by atoms with Crippen LogP contribution < -0.4 is 4.90 Å². The van der Waals surface area contributed by atoms with Crippen LogP contribution in [0.25, 0.3) is 0 Å². The van der Waals surface area contributed by atoms with Crippen molar-refractivity contribution in [2.24, 2.45) is 0 Å². The summed E-state index contributed by atoms with van der Waals surface area (Å²) in [5, 5.41) is 0. The fraction of sp³-hybridized carbons (Fsp3) is 0.455. The van der Waals surface area contributed by atoms with Crippen LogP contribution in [0.1, 0.15) is 12.8 Å². The molecule has 0 unspecified atom stereocenters. The number of rotatable bonds is 5. The molecule has 0 radical (unpaired) electrons. The van der Waals surface area contributed by atoms with E-state index in [2.05, 4.69) is 0 Å². The maximum absolute atomic E-state index is 12.9. The summed E-state index contributed by atoms with van der Waals surface area (Å²) in [6.07, 6.45) is 2.04. The van der Waals surface area contributed by atoms with Crippen molar-refractivity contribution in [3.8, 4) is 0 Å². The molecule has 0 aromatic heterocycles. The van der Waals surface area contributed by atoms with Gasteiger partial charge in [0, 0.05) is 25.2 Å². The average molecular weight is 216 g/mol. The van der Waals surface area contributed by atoms with Crippen LogP contribution in [0.2, 0.25) is 0 Å². The third-order valence-electron chi connectivity index (χ3n) is 2.13. The highest BCUT2D eigenvalue weighted by Crippen LogP contribution is 2.14. The van der Waals surface area contributed by atoms with Crippen LogP contribution in [0.4, 0.5) is 10.1 Å². The molecule has 0 amide bonds. The molecule has 0 bridgehead atoms. The highest BCUT2D eigenvalue weighted by molar-refractivity contribution is 6.17. The van der Waals surface area contributed by atoms with E-state index in [1.807, 2.05) is 18.0 Å². The van der Waals surface area contributed by atoms with Crippen molar-refractivity contribution in [2.45, 2.75) is 12.8 Å². The third kappa shape index (κ3) is 3.54. The molecule has 0 aliphatic heterocycles. The number of hydrogen-bond donors (Lipinski definition) is 0. The minimum absolute atomic E-state index is 0.188. The minimum Gasteiger partial charge on any atom is -0.375 e. The topological polar surface area (TPSA) is 3.24 Å². The summed E-state index contributed by atoms with van der Waals surface area (Å²) in [7, 11) is 1.96. The van der Waals surface area contributed by atoms with E-state index >= 15 is 0 Å². The van der Waals surface area contributed by atoms with Crippen LogP contribution in [0, 0.1) is 5.82 Å². The van der Waals surface area contributed by atoms with Gasteiger partial charge in [-0.2, -0.15) is 0 Å². The first-order valence-corrected chi connectivity index (χ1v) is 5.30. The zero-order valence-corrected chi connectivity index (χ0v) is 9.10. The molecule has 1 aromatic carbocycles. The molecule has 0 atom stereocenters. The van der Waals surface area contributed by atoms with Gasteiger partial charge in [-0.3, -0.25) is 0 Å². The first-order valence-electron chi connectivity index (χ1n) is 4.76. The van der Waals surface area contributed by atoms with E-state index in [4.69, 9.17) is 11.6 Å². The van der Waals surface area contributed by atoms with Gasteiger partial charge in [0.25, 0.3) is 0 Å². The van der Waals surface area contributed by atoms with Gasteiger partial charge < -0.3 is 4.90 Å². The summed E-state index contributed by atoms with van der Waals surface area (Å²) in [4.78, 5) is 2.04. The lowest BCUT2D eigenvalue weighted by Crippen LogP contribution is -2.18. The van der Waals surface area contributed by atoms with Gasteiger partial charge in [-0.15, -0.1) is 11.6 Å². The van der Waals surface area contributed by atoms with E-state index < -0.39 is 0 Å². The number of unbranched alkanes of at least 4 members (excludes halogenated alkanes) is 1. The average Bonchev–Trinajstić information content (AvgIpc) is 2.18. The van der Waals surface area contributed by atoms with Crippen molar-refractivity contribution in [2.75, 3.05) is 24.4 Å². The summed E-state index contributed by atoms with van der Waals surface area (Å²) >= 11 is 5.58. The monoisotopic (exact) mass is 215 g/mol. The van der Waals surface area contributed by atoms with Gasteiger partial charge in [-0.25, -0.2) is 4.39 Å². The molecule has 0 N–H and O–H groups in total. The zero-order valence-electron chi connectivity index (χ0n) is 8.34. The fourth-order valence-corrected chi connectivity index (χ4v) is 1.48. The summed E-state index contributed by atoms with van der Waals surface area (Å²) in [6, 6.07) is 6.63. The second kappa shape index (κ2) is 5.86. The molecule has 0 saturated heterocycles. The number of halogens is 2. The lowest BCUT2D eigenvalue weighted by molar-refractivity contribution is 0.626. The molecule has 78 valence electrons. The molecule has 1 nitrogen and oxygen atoms in total. The lowest BCUT2D eigenvalue weighted by atomic mass is 10.2. The Morgan fingerprint density at radius 1 is 1.36 bits per heavy atom. The van der Waals surface area contributed by atoms with E-state index in [1.54, 1.807) is 12.1 Å². The van der Waals surface area contributed by atoms with E-state index in [1.165, 1.54) is 6.07 Å². The summed E-state index contributed by atoms with van der Waals surface area (Å²) in [5.41, 5.74) is 0.916. The highest BCUT2D eigenvalue weighted by atomic mass is 35.5. The van der Waals surface area contributed by atoms with E-state index in [0.29, 0.717) is 5.88 Å². The molecule has 3 heteroatoms. The maximum atomic E-state index is 12.9. The second-order valence-corrected chi connectivity index (χ2v) is 3.68. The number of benzene rings is 1. The minimum atomic E-state index is -0.188. The van der Waals surface area contributed by atoms with Crippen molar-refractivity contribution in [3.63, 3.8) is 0 Å². The molecule has 0 spiro atoms. The Kier molecular flexibility index (Phi) is 4.74. The zero-order chi connectivity index (χ0) is 10.4. The Bertz CT molecular complexity index is 278. The second-order valence-electron chi connectivity index (χ2n) is 3.30. The first-order chi connectivity index (χ1) is 6.74. The Balaban J connectivity index is 2.47. The summed E-state index contributed by atoms with van der Waals surface area (Å²) in [6.45, 7) is 0.913. The molecule has 0 aliphatic rings. The van der Waals surface area contributed by atoms with Crippen molar-refractivity contribution < 1.29 is 4.39 Å². The van der Waals surface area contributed by atoms with Crippen LogP contribution in [-0.2, 0) is 0 Å². The summed E-state index contributed by atoms with van der Waals surface area (Å²) in [5.74, 6) is 0.503. The molecule has 1 aromatic rings. The normalized spacial score (nSPS) is 10.2. The van der Waals surface area contributed by atoms with Crippen molar-refractivity contribution in [1.29, 1.82) is 0 Å². The van der Waals surface area contributed by atoms with E-state index in [9.17, 15) is 4.39 Å². The van der Waals surface area contributed by atoms with Crippen LogP contribution in [0.5, 0.6) is 0 Å². The number of nitrogens with zero attached hydrogens (tertiary/aromatic N) is 1. The van der Waals surface area contributed by atoms with Gasteiger partial charge in [-0.05, 0) is 31.0 Å². The van der Waals surface area contributed by atoms with Crippen LogP contribution in [0.3, 0.4) is 0 Å². The largest absolute Gasteiger partial charge is 0.375 e. The highest BCUT2D eigenvalue weighted by Gasteiger charge is 2.00. The van der Waals surface area contributed by atoms with Gasteiger partial charge in [-0.1, -0.05) is 6.07 Å². The predicted molar refractivity (Wildman–Crippen MR) is 59.6 cm³/mol. The quantitative estimate of drug-likeness (QED) is 0.538. The van der Waals surface area contributed by atoms with Crippen LogP contribution in [0.15, 0.2) is 24.3 Å². The molecule has 0 heterocycles. The standard InChI is InChI=1S/C11H15ClFN/c1-14(8-3-2-7-12)11-6-4-5-10(13)9-11/h4-6,9H,2-3,7-8H2,1H3. The Hall–Kier alpha value is -0.760. The fourth-order valence-electron chi connectivity index (χ4n) is 1.29. The first kappa shape index (κ1) is 11.3. The summed E-state index contributed by atoms with van der Waals surface area (Å²) < 4.78 is 12.9. The maximum Gasteiger partial charge on any atom is 0.125 e. The van der Waals surface area contributed by atoms with Crippen LogP contribution in [-0.4, -0.2) is 19.5 Å². The SMILES string of the molecule is CN(CCCCCl)c1cccc(F)c1. The molecular formula is C11H15ClFN. The molecular weight excluding hydrogens is 201 g/mol. The van der Waals surface area contributed by atoms with Crippen molar-refractivity contribution in [1.82, 2.24) is 0 Å². The molecule has 0 saturated carbocycles. The predicted octanol–water partition coefficient (Wildman–Crippen LogP) is 3.28. The van der Waals surface area contributed by atoms with E-state index in [-0.39, 0.29) is 5.82 Å². The third-order valence-corrected chi connectivity index (χ3v) is 2.39. The van der Waals surface area contributed by atoms with Gasteiger partial charge in [0.1, 0.15) is 5.82 Å². The number of anilines is 1. The lowest BCUT2D eigenvalue weighted by Gasteiger charge is -2.18. The van der Waals surface area contributed by atoms with Crippen molar-refractivity contribution in [3.05, 3.63) is 30.1 Å². The molecule has 14 heavy (non-hydrogen) atoms. The van der Waals surface area contributed by atoms with Gasteiger partial charge in [0.05, 0.1) is 0 Å². The van der Waals surface area contributed by atoms with E-state index in [0.717, 1.165) is 25.1 Å². The van der Waals surface area contributed by atoms with Gasteiger partial charge in [0.2, 0.25) is 0 Å². The van der Waals surface area contributed by atoms with Gasteiger partial charge in [0.15, 0.2) is 0 Å². The van der Waals surface area contributed by atoms with Crippen molar-refractivity contribution >= 4 is 17.3 Å². The molecule has 0 aliphatic carbocycles. The van der Waals surface area contributed by atoms with Gasteiger partial charge >= 0.3 is 0 Å². The number of hydrogen-bond acceptors (Lipinski definition) is 1. The molecule has 0 fully saturated rings. The molecule has 1 rings (SSSR count). The Morgan fingerprint density at radius 2 is 2.14 bits per heavy atom. The Morgan fingerprint density at radius 3 is 2.79 bits per heavy atom. The number of alkyl halides is 1. The van der Waals surface area contributed by atoms with Crippen LogP contribution >= 0.6 is 11.6 Å². The smallest absolute Gasteiger partial charge is 0.125 e.